The van der Waals surface area contributed by atoms with Crippen molar-refractivity contribution in [3.05, 3.63) is 48.5 Å². The minimum absolute atomic E-state index is 0.00250. The number of benzene rings is 2. The average Bonchev–Trinajstić information content (AvgIpc) is 2.96. The van der Waals surface area contributed by atoms with E-state index >= 15 is 0 Å². The van der Waals surface area contributed by atoms with E-state index in [4.69, 9.17) is 9.47 Å². The Morgan fingerprint density at radius 3 is 2.76 bits per heavy atom. The Labute approximate surface area is 127 Å². The molecule has 1 N–H and O–H groups in total. The van der Waals surface area contributed by atoms with Gasteiger partial charge in [-0.15, -0.1) is 11.8 Å². The maximum Gasteiger partial charge on any atom is 0.231 e. The van der Waals surface area contributed by atoms with Gasteiger partial charge in [-0.3, -0.25) is 4.79 Å². The van der Waals surface area contributed by atoms with Crippen LogP contribution in [0.15, 0.2) is 53.4 Å². The van der Waals surface area contributed by atoms with E-state index in [9.17, 15) is 4.79 Å². The van der Waals surface area contributed by atoms with Gasteiger partial charge < -0.3 is 14.8 Å². The van der Waals surface area contributed by atoms with Crippen molar-refractivity contribution in [1.29, 1.82) is 0 Å². The van der Waals surface area contributed by atoms with E-state index < -0.39 is 0 Å². The van der Waals surface area contributed by atoms with Gasteiger partial charge in [-0.1, -0.05) is 18.2 Å². The van der Waals surface area contributed by atoms with Crippen molar-refractivity contribution in [2.45, 2.75) is 11.3 Å². The molecule has 0 atom stereocenters. The molecule has 3 rings (SSSR count). The second-order valence-electron chi connectivity index (χ2n) is 4.53. The van der Waals surface area contributed by atoms with Gasteiger partial charge in [0.15, 0.2) is 11.5 Å². The third-order valence-electron chi connectivity index (χ3n) is 3.00. The molecular formula is C16H15NO3S. The topological polar surface area (TPSA) is 47.6 Å². The molecule has 1 aliphatic rings. The fraction of sp³-hybridized carbons (Fsp3) is 0.188. The zero-order chi connectivity index (χ0) is 14.5. The minimum Gasteiger partial charge on any atom is -0.454 e. The summed E-state index contributed by atoms with van der Waals surface area (Å²) in [5, 5.41) is 2.87. The third kappa shape index (κ3) is 3.70. The summed E-state index contributed by atoms with van der Waals surface area (Å²) in [7, 11) is 0. The van der Waals surface area contributed by atoms with Crippen molar-refractivity contribution in [2.75, 3.05) is 17.9 Å². The molecule has 2 aromatic carbocycles. The van der Waals surface area contributed by atoms with Gasteiger partial charge in [0.25, 0.3) is 0 Å². The Morgan fingerprint density at radius 2 is 1.90 bits per heavy atom. The Kier molecular flexibility index (Phi) is 4.31. The van der Waals surface area contributed by atoms with E-state index in [-0.39, 0.29) is 12.7 Å². The van der Waals surface area contributed by atoms with Crippen molar-refractivity contribution in [1.82, 2.24) is 0 Å². The average molecular weight is 301 g/mol. The zero-order valence-electron chi connectivity index (χ0n) is 11.4. The van der Waals surface area contributed by atoms with Crippen molar-refractivity contribution >= 4 is 23.4 Å². The summed E-state index contributed by atoms with van der Waals surface area (Å²) in [5.74, 6) is 2.14. The fourth-order valence-electron chi connectivity index (χ4n) is 1.98. The van der Waals surface area contributed by atoms with E-state index in [1.54, 1.807) is 23.9 Å². The lowest BCUT2D eigenvalue weighted by molar-refractivity contribution is -0.115. The molecule has 108 valence electrons. The molecule has 5 heteroatoms. The monoisotopic (exact) mass is 301 g/mol. The second-order valence-corrected chi connectivity index (χ2v) is 5.70. The molecule has 2 aromatic rings. The summed E-state index contributed by atoms with van der Waals surface area (Å²) in [6.07, 6.45) is 0.466. The van der Waals surface area contributed by atoms with E-state index in [1.807, 2.05) is 36.4 Å². The van der Waals surface area contributed by atoms with Gasteiger partial charge in [-0.25, -0.2) is 0 Å². The number of nitrogens with one attached hydrogen (secondary N) is 1. The van der Waals surface area contributed by atoms with Crippen molar-refractivity contribution in [3.8, 4) is 11.5 Å². The Balaban J connectivity index is 1.48. The van der Waals surface area contributed by atoms with E-state index in [2.05, 4.69) is 5.32 Å². The van der Waals surface area contributed by atoms with Crippen LogP contribution in [-0.4, -0.2) is 18.5 Å². The molecule has 0 radical (unpaired) electrons. The number of rotatable bonds is 5. The van der Waals surface area contributed by atoms with Crippen LogP contribution in [0.2, 0.25) is 0 Å². The van der Waals surface area contributed by atoms with E-state index in [0.717, 1.165) is 11.4 Å². The number of anilines is 1. The lowest BCUT2D eigenvalue weighted by Gasteiger charge is -2.06. The zero-order valence-corrected chi connectivity index (χ0v) is 12.2. The van der Waals surface area contributed by atoms with Crippen molar-refractivity contribution in [3.63, 3.8) is 0 Å². The van der Waals surface area contributed by atoms with Crippen LogP contribution in [-0.2, 0) is 4.79 Å². The molecule has 0 spiro atoms. The number of fused-ring (bicyclic) bond motifs is 1. The normalized spacial score (nSPS) is 12.2. The van der Waals surface area contributed by atoms with Crippen LogP contribution in [0.4, 0.5) is 5.69 Å². The number of carbonyl (C=O) groups excluding carboxylic acids is 1. The molecule has 21 heavy (non-hydrogen) atoms. The minimum atomic E-state index is -0.00250. The summed E-state index contributed by atoms with van der Waals surface area (Å²) in [5.41, 5.74) is 0.731. The molecule has 1 aliphatic heterocycles. The summed E-state index contributed by atoms with van der Waals surface area (Å²) >= 11 is 1.67. The van der Waals surface area contributed by atoms with Crippen LogP contribution in [0.25, 0.3) is 0 Å². The number of amides is 1. The predicted octanol–water partition coefficient (Wildman–Crippen LogP) is 3.54. The first kappa shape index (κ1) is 13.8. The molecule has 0 aliphatic carbocycles. The van der Waals surface area contributed by atoms with Crippen LogP contribution < -0.4 is 14.8 Å². The van der Waals surface area contributed by atoms with Gasteiger partial charge >= 0.3 is 0 Å². The molecule has 4 nitrogen and oxygen atoms in total. The maximum atomic E-state index is 11.9. The lowest BCUT2D eigenvalue weighted by Crippen LogP contribution is -2.12. The van der Waals surface area contributed by atoms with Gasteiger partial charge in [0.05, 0.1) is 0 Å². The van der Waals surface area contributed by atoms with Crippen molar-refractivity contribution < 1.29 is 14.3 Å². The Bertz CT molecular complexity index is 631. The van der Waals surface area contributed by atoms with Crippen LogP contribution in [0.3, 0.4) is 0 Å². The number of hydrogen-bond acceptors (Lipinski definition) is 4. The molecule has 0 fully saturated rings. The number of ether oxygens (including phenoxy) is 2. The Hall–Kier alpha value is -2.14. The van der Waals surface area contributed by atoms with Crippen LogP contribution in [0, 0.1) is 0 Å². The standard InChI is InChI=1S/C16H15NO3S/c18-16(8-9-21-13-4-2-1-3-5-13)17-12-6-7-14-15(10-12)20-11-19-14/h1-7,10H,8-9,11H2,(H,17,18). The van der Waals surface area contributed by atoms with E-state index in [0.29, 0.717) is 17.9 Å². The molecule has 0 unspecified atom stereocenters. The summed E-state index contributed by atoms with van der Waals surface area (Å²) in [4.78, 5) is 13.1. The van der Waals surface area contributed by atoms with Gasteiger partial charge in [-0.2, -0.15) is 0 Å². The quantitative estimate of drug-likeness (QED) is 0.858. The molecule has 1 heterocycles. The maximum absolute atomic E-state index is 11.9. The number of thioether (sulfide) groups is 1. The highest BCUT2D eigenvalue weighted by molar-refractivity contribution is 7.99. The first-order valence-corrected chi connectivity index (χ1v) is 7.67. The molecule has 0 bridgehead atoms. The molecule has 0 aromatic heterocycles. The largest absolute Gasteiger partial charge is 0.454 e. The van der Waals surface area contributed by atoms with Crippen LogP contribution in [0.5, 0.6) is 11.5 Å². The van der Waals surface area contributed by atoms with Gasteiger partial charge in [0.2, 0.25) is 12.7 Å². The van der Waals surface area contributed by atoms with Gasteiger partial charge in [0.1, 0.15) is 0 Å². The molecule has 0 saturated carbocycles. The molecular weight excluding hydrogens is 286 g/mol. The number of hydrogen-bond donors (Lipinski definition) is 1. The number of carbonyl (C=O) groups is 1. The van der Waals surface area contributed by atoms with E-state index in [1.165, 1.54) is 4.90 Å². The first-order valence-electron chi connectivity index (χ1n) is 6.68. The van der Waals surface area contributed by atoms with Crippen LogP contribution >= 0.6 is 11.8 Å². The Morgan fingerprint density at radius 1 is 1.10 bits per heavy atom. The lowest BCUT2D eigenvalue weighted by atomic mass is 10.2. The van der Waals surface area contributed by atoms with Crippen molar-refractivity contribution in [2.24, 2.45) is 0 Å². The predicted molar refractivity (Wildman–Crippen MR) is 83.0 cm³/mol. The van der Waals surface area contributed by atoms with Gasteiger partial charge in [0, 0.05) is 28.8 Å². The fourth-order valence-corrected chi connectivity index (χ4v) is 2.85. The summed E-state index contributed by atoms with van der Waals surface area (Å²) in [6.45, 7) is 0.237. The summed E-state index contributed by atoms with van der Waals surface area (Å²) in [6, 6.07) is 15.5. The first-order chi connectivity index (χ1) is 10.3. The smallest absolute Gasteiger partial charge is 0.231 e. The van der Waals surface area contributed by atoms with Crippen LogP contribution in [0.1, 0.15) is 6.42 Å². The highest BCUT2D eigenvalue weighted by atomic mass is 32.2. The SMILES string of the molecule is O=C(CCSc1ccccc1)Nc1ccc2c(c1)OCO2. The molecule has 0 saturated heterocycles. The highest BCUT2D eigenvalue weighted by Crippen LogP contribution is 2.34. The third-order valence-corrected chi connectivity index (χ3v) is 4.01. The molecule has 1 amide bonds. The second kappa shape index (κ2) is 6.54. The van der Waals surface area contributed by atoms with Gasteiger partial charge in [-0.05, 0) is 24.3 Å². The highest BCUT2D eigenvalue weighted by Gasteiger charge is 2.14. The summed E-state index contributed by atoms with van der Waals surface area (Å²) < 4.78 is 10.5.